The van der Waals surface area contributed by atoms with E-state index in [0.29, 0.717) is 30.9 Å². The molecule has 0 fully saturated rings. The van der Waals surface area contributed by atoms with Crippen LogP contribution in [0, 0.1) is 5.92 Å². The normalized spacial score (nSPS) is 14.3. The Morgan fingerprint density at radius 1 is 1.18 bits per heavy atom. The largest absolute Gasteiger partial charge is 0.411 e. The first-order valence-corrected chi connectivity index (χ1v) is 7.94. The summed E-state index contributed by atoms with van der Waals surface area (Å²) in [6.45, 7) is 8.49. The lowest BCUT2D eigenvalue weighted by atomic mass is 10.0. The minimum absolute atomic E-state index is 0.0608. The van der Waals surface area contributed by atoms with Gasteiger partial charge in [0.25, 0.3) is 0 Å². The zero-order valence-corrected chi connectivity index (χ0v) is 14.1. The van der Waals surface area contributed by atoms with Gasteiger partial charge in [0.15, 0.2) is 5.96 Å². The van der Waals surface area contributed by atoms with Crippen LogP contribution in [0.15, 0.2) is 4.99 Å². The zero-order valence-electron chi connectivity index (χ0n) is 14.1. The molecule has 2 N–H and O–H groups in total. The number of alkyl halides is 3. The summed E-state index contributed by atoms with van der Waals surface area (Å²) in [5, 5.41) is 6.44. The van der Waals surface area contributed by atoms with Crippen LogP contribution in [0.2, 0.25) is 0 Å². The summed E-state index contributed by atoms with van der Waals surface area (Å²) < 4.78 is 40.2. The Bertz CT molecular complexity index is 307. The average molecular weight is 325 g/mol. The predicted molar refractivity (Wildman–Crippen MR) is 84.1 cm³/mol. The molecule has 0 aromatic heterocycles. The number of hydrogen-bond donors (Lipinski definition) is 2. The van der Waals surface area contributed by atoms with E-state index in [1.165, 1.54) is 0 Å². The molecule has 1 atom stereocenters. The lowest BCUT2D eigenvalue weighted by Gasteiger charge is -2.18. The summed E-state index contributed by atoms with van der Waals surface area (Å²) in [6, 6.07) is 0.307. The van der Waals surface area contributed by atoms with Gasteiger partial charge < -0.3 is 15.4 Å². The summed E-state index contributed by atoms with van der Waals surface area (Å²) in [5.41, 5.74) is 0. The number of hydrogen-bond acceptors (Lipinski definition) is 2. The number of halogens is 3. The molecule has 1 unspecified atom stereocenters. The fourth-order valence-corrected chi connectivity index (χ4v) is 1.75. The van der Waals surface area contributed by atoms with Crippen molar-refractivity contribution in [3.8, 4) is 0 Å². The van der Waals surface area contributed by atoms with E-state index >= 15 is 0 Å². The molecule has 0 aliphatic rings. The van der Waals surface area contributed by atoms with Crippen LogP contribution in [0.3, 0.4) is 0 Å². The van der Waals surface area contributed by atoms with Gasteiger partial charge in [-0.2, -0.15) is 13.2 Å². The Morgan fingerprint density at radius 2 is 1.86 bits per heavy atom. The van der Waals surface area contributed by atoms with Crippen LogP contribution in [0.4, 0.5) is 13.2 Å². The first-order valence-electron chi connectivity index (χ1n) is 7.94. The molecule has 0 heterocycles. The van der Waals surface area contributed by atoms with Gasteiger partial charge >= 0.3 is 6.18 Å². The number of guanidine groups is 1. The third kappa shape index (κ3) is 14.0. The number of nitrogens with one attached hydrogen (secondary N) is 2. The highest BCUT2D eigenvalue weighted by molar-refractivity contribution is 5.79. The molecular formula is C15H30F3N3O. The fraction of sp³-hybridized carbons (Fsp3) is 0.933. The van der Waals surface area contributed by atoms with Crippen molar-refractivity contribution < 1.29 is 17.9 Å². The fourth-order valence-electron chi connectivity index (χ4n) is 1.75. The molecule has 0 saturated heterocycles. The van der Waals surface area contributed by atoms with Gasteiger partial charge in [0.05, 0.1) is 0 Å². The van der Waals surface area contributed by atoms with Crippen LogP contribution in [0.25, 0.3) is 0 Å². The third-order valence-corrected chi connectivity index (χ3v) is 2.89. The standard InChI is InChI=1S/C15H30F3N3O/c1-5-19-14(21-13(4)8-7-12(2)3)20-9-6-10-22-11-15(16,17)18/h12-13H,5-11H2,1-4H3,(H2,19,20,21). The Balaban J connectivity index is 3.99. The lowest BCUT2D eigenvalue weighted by molar-refractivity contribution is -0.173. The van der Waals surface area contributed by atoms with E-state index in [9.17, 15) is 13.2 Å². The summed E-state index contributed by atoms with van der Waals surface area (Å²) in [7, 11) is 0. The molecule has 0 aliphatic heterocycles. The molecule has 0 aromatic rings. The zero-order chi connectivity index (χ0) is 17.0. The molecule has 0 spiro atoms. The molecule has 0 rings (SSSR count). The van der Waals surface area contributed by atoms with Gasteiger partial charge in [-0.3, -0.25) is 4.99 Å². The highest BCUT2D eigenvalue weighted by Gasteiger charge is 2.27. The molecule has 0 aliphatic carbocycles. The Labute approximate surface area is 131 Å². The van der Waals surface area contributed by atoms with Crippen molar-refractivity contribution in [1.29, 1.82) is 0 Å². The Hall–Kier alpha value is -0.980. The molecule has 4 nitrogen and oxygen atoms in total. The molecule has 0 aromatic carbocycles. The van der Waals surface area contributed by atoms with E-state index < -0.39 is 12.8 Å². The Morgan fingerprint density at radius 3 is 2.41 bits per heavy atom. The summed E-state index contributed by atoms with van der Waals surface area (Å²) in [5.74, 6) is 1.36. The van der Waals surface area contributed by atoms with E-state index in [2.05, 4.69) is 41.1 Å². The maximum absolute atomic E-state index is 11.9. The van der Waals surface area contributed by atoms with Crippen molar-refractivity contribution >= 4 is 5.96 Å². The highest BCUT2D eigenvalue weighted by Crippen LogP contribution is 2.14. The molecular weight excluding hydrogens is 295 g/mol. The van der Waals surface area contributed by atoms with Gasteiger partial charge in [-0.25, -0.2) is 0 Å². The van der Waals surface area contributed by atoms with Gasteiger partial charge in [0.1, 0.15) is 6.61 Å². The van der Waals surface area contributed by atoms with Crippen molar-refractivity contribution in [1.82, 2.24) is 10.6 Å². The molecule has 22 heavy (non-hydrogen) atoms. The van der Waals surface area contributed by atoms with Crippen molar-refractivity contribution in [2.24, 2.45) is 10.9 Å². The van der Waals surface area contributed by atoms with E-state index in [-0.39, 0.29) is 6.61 Å². The minimum atomic E-state index is -4.26. The van der Waals surface area contributed by atoms with E-state index in [0.717, 1.165) is 19.4 Å². The van der Waals surface area contributed by atoms with Crippen molar-refractivity contribution in [2.45, 2.75) is 59.2 Å². The molecule has 132 valence electrons. The molecule has 0 saturated carbocycles. The minimum Gasteiger partial charge on any atom is -0.372 e. The topological polar surface area (TPSA) is 45.7 Å². The average Bonchev–Trinajstić information content (AvgIpc) is 2.39. The van der Waals surface area contributed by atoms with Crippen molar-refractivity contribution in [3.63, 3.8) is 0 Å². The number of rotatable bonds is 10. The van der Waals surface area contributed by atoms with Crippen LogP contribution in [0.5, 0.6) is 0 Å². The van der Waals surface area contributed by atoms with Crippen LogP contribution in [-0.4, -0.2) is 44.5 Å². The van der Waals surface area contributed by atoms with Gasteiger partial charge in [0.2, 0.25) is 0 Å². The first-order chi connectivity index (χ1) is 10.2. The Kier molecular flexibility index (Phi) is 11.1. The van der Waals surface area contributed by atoms with E-state index in [4.69, 9.17) is 0 Å². The summed E-state index contributed by atoms with van der Waals surface area (Å²) >= 11 is 0. The first kappa shape index (κ1) is 21.0. The van der Waals surface area contributed by atoms with Crippen molar-refractivity contribution in [3.05, 3.63) is 0 Å². The van der Waals surface area contributed by atoms with Gasteiger partial charge in [-0.05, 0) is 39.0 Å². The number of nitrogens with zero attached hydrogens (tertiary/aromatic N) is 1. The van der Waals surface area contributed by atoms with Crippen LogP contribution < -0.4 is 10.6 Å². The second-order valence-electron chi connectivity index (χ2n) is 5.80. The smallest absolute Gasteiger partial charge is 0.372 e. The number of ether oxygens (including phenoxy) is 1. The molecule has 0 amide bonds. The van der Waals surface area contributed by atoms with E-state index in [1.807, 2.05) is 6.92 Å². The SMILES string of the molecule is CCNC(=NCCCOCC(F)(F)F)NC(C)CCC(C)C. The maximum atomic E-state index is 11.9. The summed E-state index contributed by atoms with van der Waals surface area (Å²) in [6.07, 6.45) is -1.60. The molecule has 0 bridgehead atoms. The summed E-state index contributed by atoms with van der Waals surface area (Å²) in [4.78, 5) is 4.35. The number of aliphatic imine (C=N–C) groups is 1. The van der Waals surface area contributed by atoms with Gasteiger partial charge in [-0.15, -0.1) is 0 Å². The maximum Gasteiger partial charge on any atom is 0.411 e. The van der Waals surface area contributed by atoms with Crippen molar-refractivity contribution in [2.75, 3.05) is 26.3 Å². The molecule has 7 heteroatoms. The van der Waals surface area contributed by atoms with Crippen LogP contribution >= 0.6 is 0 Å². The third-order valence-electron chi connectivity index (χ3n) is 2.89. The van der Waals surface area contributed by atoms with Crippen LogP contribution in [0.1, 0.15) is 47.0 Å². The second kappa shape index (κ2) is 11.6. The van der Waals surface area contributed by atoms with E-state index in [1.54, 1.807) is 0 Å². The highest BCUT2D eigenvalue weighted by atomic mass is 19.4. The predicted octanol–water partition coefficient (Wildman–Crippen LogP) is 3.34. The quantitative estimate of drug-likeness (QED) is 0.368. The van der Waals surface area contributed by atoms with Gasteiger partial charge in [-0.1, -0.05) is 13.8 Å². The lowest BCUT2D eigenvalue weighted by Crippen LogP contribution is -2.42. The monoisotopic (exact) mass is 325 g/mol. The molecule has 0 radical (unpaired) electrons. The van der Waals surface area contributed by atoms with Crippen LogP contribution in [-0.2, 0) is 4.74 Å². The second-order valence-corrected chi connectivity index (χ2v) is 5.80. The van der Waals surface area contributed by atoms with Gasteiger partial charge in [0, 0.05) is 25.7 Å².